The first-order chi connectivity index (χ1) is 13.4. The van der Waals surface area contributed by atoms with Gasteiger partial charge in [0.25, 0.3) is 5.56 Å². The first-order valence-corrected chi connectivity index (χ1v) is 9.60. The molecule has 10 heteroatoms. The second kappa shape index (κ2) is 8.03. The summed E-state index contributed by atoms with van der Waals surface area (Å²) >= 11 is 0. The summed E-state index contributed by atoms with van der Waals surface area (Å²) in [5.41, 5.74) is -1.38. The second-order valence-electron chi connectivity index (χ2n) is 5.75. The highest BCUT2D eigenvalue weighted by molar-refractivity contribution is 7.89. The van der Waals surface area contributed by atoms with Crippen LogP contribution in [0.2, 0.25) is 0 Å². The molecule has 3 rings (SSSR count). The van der Waals surface area contributed by atoms with Crippen molar-refractivity contribution in [2.45, 2.75) is 10.9 Å². The molecule has 0 bridgehead atoms. The van der Waals surface area contributed by atoms with Crippen molar-refractivity contribution >= 4 is 21.6 Å². The fourth-order valence-corrected chi connectivity index (χ4v) is 3.65. The molecule has 0 aliphatic rings. The number of sulfonamides is 1. The van der Waals surface area contributed by atoms with E-state index in [1.54, 1.807) is 48.5 Å². The van der Waals surface area contributed by atoms with Gasteiger partial charge in [-0.15, -0.1) is 0 Å². The van der Waals surface area contributed by atoms with Gasteiger partial charge in [-0.05, 0) is 17.7 Å². The molecule has 1 atom stereocenters. The SMILES string of the molecule is O=C(Nc1c[nH]c(=O)[nH]c1=O)C(NS(=O)(=O)c1ccccc1)c1ccccc1. The third-order valence-electron chi connectivity index (χ3n) is 3.80. The first-order valence-electron chi connectivity index (χ1n) is 8.12. The number of carbonyl (C=O) groups excluding carboxylic acids is 1. The van der Waals surface area contributed by atoms with Crippen LogP contribution in [0.3, 0.4) is 0 Å². The summed E-state index contributed by atoms with van der Waals surface area (Å²) in [5.74, 6) is -0.789. The zero-order valence-electron chi connectivity index (χ0n) is 14.4. The molecule has 0 saturated heterocycles. The molecule has 0 radical (unpaired) electrons. The summed E-state index contributed by atoms with van der Waals surface area (Å²) < 4.78 is 27.7. The summed E-state index contributed by atoms with van der Waals surface area (Å²) in [6, 6.07) is 14.5. The Kier molecular flexibility index (Phi) is 5.52. The number of carbonyl (C=O) groups is 1. The molecule has 1 unspecified atom stereocenters. The van der Waals surface area contributed by atoms with Crippen molar-refractivity contribution < 1.29 is 13.2 Å². The Hall–Kier alpha value is -3.50. The van der Waals surface area contributed by atoms with E-state index in [9.17, 15) is 22.8 Å². The minimum atomic E-state index is -4.02. The quantitative estimate of drug-likeness (QED) is 0.482. The molecule has 0 aliphatic carbocycles. The van der Waals surface area contributed by atoms with Gasteiger partial charge in [-0.25, -0.2) is 13.2 Å². The predicted molar refractivity (Wildman–Crippen MR) is 102 cm³/mol. The fraction of sp³-hybridized carbons (Fsp3) is 0.0556. The van der Waals surface area contributed by atoms with Crippen LogP contribution in [-0.4, -0.2) is 24.3 Å². The second-order valence-corrected chi connectivity index (χ2v) is 7.47. The molecule has 0 spiro atoms. The van der Waals surface area contributed by atoms with Crippen LogP contribution in [0.25, 0.3) is 0 Å². The van der Waals surface area contributed by atoms with E-state index in [1.165, 1.54) is 12.1 Å². The largest absolute Gasteiger partial charge is 0.325 e. The van der Waals surface area contributed by atoms with Crippen molar-refractivity contribution in [1.82, 2.24) is 14.7 Å². The predicted octanol–water partition coefficient (Wildman–Crippen LogP) is 0.722. The van der Waals surface area contributed by atoms with E-state index >= 15 is 0 Å². The van der Waals surface area contributed by atoms with Gasteiger partial charge in [0.15, 0.2) is 0 Å². The Labute approximate surface area is 159 Å². The molecular weight excluding hydrogens is 384 g/mol. The first kappa shape index (κ1) is 19.3. The average molecular weight is 400 g/mol. The van der Waals surface area contributed by atoms with E-state index in [-0.39, 0.29) is 10.6 Å². The van der Waals surface area contributed by atoms with Crippen LogP contribution in [0.15, 0.2) is 81.3 Å². The number of hydrogen-bond donors (Lipinski definition) is 4. The molecule has 144 valence electrons. The number of aromatic amines is 2. The molecule has 4 N–H and O–H groups in total. The monoisotopic (exact) mass is 400 g/mol. The van der Waals surface area contributed by atoms with Gasteiger partial charge in [0.05, 0.1) is 4.90 Å². The van der Waals surface area contributed by atoms with Gasteiger partial charge in [0, 0.05) is 6.20 Å². The molecule has 3 aromatic rings. The molecule has 1 amide bonds. The maximum Gasteiger partial charge on any atom is 0.325 e. The number of anilines is 1. The number of hydrogen-bond acceptors (Lipinski definition) is 5. The lowest BCUT2D eigenvalue weighted by molar-refractivity contribution is -0.117. The van der Waals surface area contributed by atoms with Crippen LogP contribution >= 0.6 is 0 Å². The maximum atomic E-state index is 12.8. The summed E-state index contributed by atoms with van der Waals surface area (Å²) in [5, 5.41) is 2.33. The van der Waals surface area contributed by atoms with Gasteiger partial charge in [-0.3, -0.25) is 14.6 Å². The lowest BCUT2D eigenvalue weighted by Crippen LogP contribution is -2.38. The standard InChI is InChI=1S/C18H16N4O5S/c23-16-14(11-19-18(25)21-16)20-17(24)15(12-7-3-1-4-8-12)22-28(26,27)13-9-5-2-6-10-13/h1-11,15,22H,(H,20,24)(H2,19,21,23,25). The third kappa shape index (κ3) is 4.42. The Morgan fingerprint density at radius 2 is 1.54 bits per heavy atom. The lowest BCUT2D eigenvalue weighted by atomic mass is 10.1. The van der Waals surface area contributed by atoms with Crippen molar-refractivity contribution in [3.8, 4) is 0 Å². The van der Waals surface area contributed by atoms with Crippen LogP contribution in [-0.2, 0) is 14.8 Å². The zero-order valence-corrected chi connectivity index (χ0v) is 15.2. The van der Waals surface area contributed by atoms with Crippen molar-refractivity contribution in [2.75, 3.05) is 5.32 Å². The Morgan fingerprint density at radius 3 is 2.14 bits per heavy atom. The topological polar surface area (TPSA) is 141 Å². The van der Waals surface area contributed by atoms with Gasteiger partial charge in [-0.1, -0.05) is 48.5 Å². The lowest BCUT2D eigenvalue weighted by Gasteiger charge is -2.18. The average Bonchev–Trinajstić information content (AvgIpc) is 2.69. The summed E-state index contributed by atoms with van der Waals surface area (Å²) in [4.78, 5) is 39.9. The molecule has 28 heavy (non-hydrogen) atoms. The number of H-pyrrole nitrogens is 2. The van der Waals surface area contributed by atoms with Gasteiger partial charge >= 0.3 is 5.69 Å². The highest BCUT2D eigenvalue weighted by atomic mass is 32.2. The molecular formula is C18H16N4O5S. The molecule has 0 saturated carbocycles. The van der Waals surface area contributed by atoms with Crippen LogP contribution in [0, 0.1) is 0 Å². The highest BCUT2D eigenvalue weighted by Crippen LogP contribution is 2.18. The van der Waals surface area contributed by atoms with Gasteiger partial charge in [0.1, 0.15) is 11.7 Å². The van der Waals surface area contributed by atoms with E-state index in [1.807, 2.05) is 4.98 Å². The van der Waals surface area contributed by atoms with Crippen LogP contribution in [0.5, 0.6) is 0 Å². The number of nitrogens with one attached hydrogen (secondary N) is 4. The van der Waals surface area contributed by atoms with Crippen molar-refractivity contribution in [2.24, 2.45) is 0 Å². The molecule has 2 aromatic carbocycles. The Balaban J connectivity index is 1.94. The Bertz CT molecular complexity index is 1190. The van der Waals surface area contributed by atoms with Crippen LogP contribution < -0.4 is 21.3 Å². The summed E-state index contributed by atoms with van der Waals surface area (Å²) in [6.07, 6.45) is 1.03. The molecule has 0 aliphatic heterocycles. The summed E-state index contributed by atoms with van der Waals surface area (Å²) in [6.45, 7) is 0. The van der Waals surface area contributed by atoms with E-state index in [2.05, 4.69) is 15.0 Å². The number of aromatic nitrogens is 2. The van der Waals surface area contributed by atoms with Crippen molar-refractivity contribution in [1.29, 1.82) is 0 Å². The van der Waals surface area contributed by atoms with Crippen LogP contribution in [0.4, 0.5) is 5.69 Å². The Morgan fingerprint density at radius 1 is 0.929 bits per heavy atom. The fourth-order valence-electron chi connectivity index (χ4n) is 2.45. The van der Waals surface area contributed by atoms with Gasteiger partial charge < -0.3 is 10.3 Å². The molecule has 1 aromatic heterocycles. The van der Waals surface area contributed by atoms with E-state index in [4.69, 9.17) is 0 Å². The third-order valence-corrected chi connectivity index (χ3v) is 5.24. The minimum absolute atomic E-state index is 0.00869. The number of amides is 1. The van der Waals surface area contributed by atoms with E-state index in [0.29, 0.717) is 5.56 Å². The zero-order chi connectivity index (χ0) is 20.1. The van der Waals surface area contributed by atoms with E-state index < -0.39 is 33.2 Å². The minimum Gasteiger partial charge on any atom is -0.319 e. The van der Waals surface area contributed by atoms with Crippen molar-refractivity contribution in [3.05, 3.63) is 93.3 Å². The highest BCUT2D eigenvalue weighted by Gasteiger charge is 2.27. The molecule has 9 nitrogen and oxygen atoms in total. The molecule has 0 fully saturated rings. The smallest absolute Gasteiger partial charge is 0.319 e. The van der Waals surface area contributed by atoms with Gasteiger partial charge in [-0.2, -0.15) is 4.72 Å². The number of benzene rings is 2. The number of rotatable bonds is 6. The van der Waals surface area contributed by atoms with E-state index in [0.717, 1.165) is 6.20 Å². The maximum absolute atomic E-state index is 12.8. The van der Waals surface area contributed by atoms with Crippen LogP contribution in [0.1, 0.15) is 11.6 Å². The summed E-state index contributed by atoms with van der Waals surface area (Å²) in [7, 11) is -4.02. The van der Waals surface area contributed by atoms with Crippen molar-refractivity contribution in [3.63, 3.8) is 0 Å². The normalized spacial score (nSPS) is 12.3. The molecule has 1 heterocycles. The van der Waals surface area contributed by atoms with Gasteiger partial charge in [0.2, 0.25) is 15.9 Å².